The van der Waals surface area contributed by atoms with Crippen LogP contribution >= 0.6 is 0 Å². The molecule has 146 valence electrons. The van der Waals surface area contributed by atoms with E-state index in [1.54, 1.807) is 4.90 Å². The van der Waals surface area contributed by atoms with Crippen LogP contribution in [0.4, 0.5) is 0 Å². The first-order chi connectivity index (χ1) is 12.7. The molecular weight excluding hydrogens is 346 g/mol. The predicted molar refractivity (Wildman–Crippen MR) is 102 cm³/mol. The third-order valence-corrected chi connectivity index (χ3v) is 4.85. The lowest BCUT2D eigenvalue weighted by Crippen LogP contribution is -2.56. The molecule has 3 atom stereocenters. The van der Waals surface area contributed by atoms with Crippen LogP contribution in [0.15, 0.2) is 30.3 Å². The van der Waals surface area contributed by atoms with Gasteiger partial charge < -0.3 is 20.6 Å². The average molecular weight is 373 g/mol. The van der Waals surface area contributed by atoms with E-state index in [1.165, 1.54) is 0 Å². The van der Waals surface area contributed by atoms with Crippen LogP contribution in [-0.4, -0.2) is 45.2 Å². The van der Waals surface area contributed by atoms with E-state index in [1.807, 2.05) is 51.1 Å². The molecule has 7 nitrogen and oxygen atoms in total. The molecular formula is C20H27N3O4. The quantitative estimate of drug-likeness (QED) is 0.711. The number of benzene rings is 1. The molecule has 1 aromatic heterocycles. The summed E-state index contributed by atoms with van der Waals surface area (Å²) in [5, 5.41) is 10.8. The van der Waals surface area contributed by atoms with E-state index in [9.17, 15) is 14.7 Å². The van der Waals surface area contributed by atoms with Crippen LogP contribution in [0, 0.1) is 5.92 Å². The summed E-state index contributed by atoms with van der Waals surface area (Å²) in [6.45, 7) is 5.93. The largest absolute Gasteiger partial charge is 0.480 e. The Morgan fingerprint density at radius 2 is 2.04 bits per heavy atom. The summed E-state index contributed by atoms with van der Waals surface area (Å²) in [6, 6.07) is 8.51. The lowest BCUT2D eigenvalue weighted by molar-refractivity contribution is -0.167. The summed E-state index contributed by atoms with van der Waals surface area (Å²) in [5.74, 6) is -1.92. The second kappa shape index (κ2) is 7.32. The number of fused-ring (bicyclic) bond motifs is 1. The van der Waals surface area contributed by atoms with Crippen LogP contribution in [0.3, 0.4) is 0 Å². The van der Waals surface area contributed by atoms with E-state index in [2.05, 4.69) is 4.98 Å². The lowest BCUT2D eigenvalue weighted by atomic mass is 9.92. The number of likely N-dealkylation sites (tertiary alicyclic amines) is 1. The summed E-state index contributed by atoms with van der Waals surface area (Å²) in [6.07, 6.45) is 0.550. The third kappa shape index (κ3) is 4.14. The number of esters is 1. The minimum atomic E-state index is -0.998. The van der Waals surface area contributed by atoms with Gasteiger partial charge in [0, 0.05) is 17.8 Å². The Hall–Kier alpha value is -2.38. The molecule has 1 fully saturated rings. The number of hydrogen-bond donors (Lipinski definition) is 3. The molecule has 1 aliphatic heterocycles. The average Bonchev–Trinajstić information content (AvgIpc) is 2.98. The number of aliphatic carboxylic acids is 1. The van der Waals surface area contributed by atoms with E-state index in [0.29, 0.717) is 25.1 Å². The van der Waals surface area contributed by atoms with Crippen LogP contribution in [0.25, 0.3) is 10.9 Å². The van der Waals surface area contributed by atoms with E-state index in [-0.39, 0.29) is 5.97 Å². The Morgan fingerprint density at radius 3 is 2.67 bits per heavy atom. The van der Waals surface area contributed by atoms with Crippen molar-refractivity contribution in [2.45, 2.75) is 51.4 Å². The number of nitrogens with zero attached hydrogens (tertiary/aromatic N) is 1. The Bertz CT molecular complexity index is 806. The monoisotopic (exact) mass is 373 g/mol. The molecule has 4 N–H and O–H groups in total. The van der Waals surface area contributed by atoms with Crippen molar-refractivity contribution in [1.82, 2.24) is 9.88 Å². The third-order valence-electron chi connectivity index (χ3n) is 4.85. The van der Waals surface area contributed by atoms with Crippen molar-refractivity contribution in [3.05, 3.63) is 36.0 Å². The summed E-state index contributed by atoms with van der Waals surface area (Å²) >= 11 is 0. The van der Waals surface area contributed by atoms with Crippen molar-refractivity contribution in [3.8, 4) is 0 Å². The maximum absolute atomic E-state index is 12.6. The number of hydrogen-bond acceptors (Lipinski definition) is 5. The Labute approximate surface area is 158 Å². The van der Waals surface area contributed by atoms with Gasteiger partial charge in [-0.3, -0.25) is 14.5 Å². The van der Waals surface area contributed by atoms with Gasteiger partial charge >= 0.3 is 11.9 Å². The van der Waals surface area contributed by atoms with Crippen LogP contribution in [0.5, 0.6) is 0 Å². The van der Waals surface area contributed by atoms with Gasteiger partial charge in [0.25, 0.3) is 0 Å². The fourth-order valence-corrected chi connectivity index (χ4v) is 3.68. The van der Waals surface area contributed by atoms with Gasteiger partial charge in [0.05, 0.1) is 12.1 Å². The SMILES string of the molecule is CC(C)(C)OC(=O)[C@@H]1CCCN([C@@H](C(=O)O)c2cc3ccccc3[nH]2)[C@@H]1N. The lowest BCUT2D eigenvalue weighted by Gasteiger charge is -2.41. The standard InChI is InChI=1S/C20H27N3O4/c1-20(2,3)27-19(26)13-8-6-10-23(17(13)21)16(18(24)25)15-11-12-7-4-5-9-14(12)22-15/h4-5,7,9,11,13,16-17,22H,6,8,10,21H2,1-3H3,(H,24,25)/t13-,16-,17+/m1/s1. The number of para-hydroxylation sites is 1. The summed E-state index contributed by atoms with van der Waals surface area (Å²) in [4.78, 5) is 29.5. The van der Waals surface area contributed by atoms with Crippen molar-refractivity contribution in [2.75, 3.05) is 6.54 Å². The number of H-pyrrole nitrogens is 1. The fourth-order valence-electron chi connectivity index (χ4n) is 3.68. The summed E-state index contributed by atoms with van der Waals surface area (Å²) in [5.41, 5.74) is 7.18. The van der Waals surface area contributed by atoms with Crippen molar-refractivity contribution < 1.29 is 19.4 Å². The molecule has 0 aliphatic carbocycles. The second-order valence-corrected chi connectivity index (χ2v) is 8.06. The van der Waals surface area contributed by atoms with Gasteiger partial charge in [-0.2, -0.15) is 0 Å². The Morgan fingerprint density at radius 1 is 1.33 bits per heavy atom. The maximum Gasteiger partial charge on any atom is 0.327 e. The van der Waals surface area contributed by atoms with Crippen LogP contribution in [0.2, 0.25) is 0 Å². The highest BCUT2D eigenvalue weighted by Crippen LogP contribution is 2.32. The first kappa shape index (κ1) is 19.4. The van der Waals surface area contributed by atoms with E-state index in [4.69, 9.17) is 10.5 Å². The number of carbonyl (C=O) groups is 2. The molecule has 0 bridgehead atoms. The molecule has 0 saturated carbocycles. The van der Waals surface area contributed by atoms with Crippen LogP contribution in [-0.2, 0) is 14.3 Å². The van der Waals surface area contributed by atoms with Gasteiger partial charge in [-0.25, -0.2) is 0 Å². The van der Waals surface area contributed by atoms with Gasteiger partial charge in [0.15, 0.2) is 0 Å². The molecule has 1 aliphatic rings. The van der Waals surface area contributed by atoms with Gasteiger partial charge in [-0.15, -0.1) is 0 Å². The zero-order valence-electron chi connectivity index (χ0n) is 15.9. The first-order valence-corrected chi connectivity index (χ1v) is 9.22. The van der Waals surface area contributed by atoms with Gasteiger partial charge in [-0.05, 0) is 51.1 Å². The van der Waals surface area contributed by atoms with E-state index < -0.39 is 29.7 Å². The number of carboxylic acids is 1. The van der Waals surface area contributed by atoms with Crippen molar-refractivity contribution >= 4 is 22.8 Å². The summed E-state index contributed by atoms with van der Waals surface area (Å²) in [7, 11) is 0. The molecule has 1 aromatic carbocycles. The predicted octanol–water partition coefficient (Wildman–Crippen LogP) is 2.63. The highest BCUT2D eigenvalue weighted by Gasteiger charge is 2.42. The maximum atomic E-state index is 12.6. The number of nitrogens with one attached hydrogen (secondary N) is 1. The molecule has 27 heavy (non-hydrogen) atoms. The minimum Gasteiger partial charge on any atom is -0.480 e. The van der Waals surface area contributed by atoms with Gasteiger partial charge in [-0.1, -0.05) is 18.2 Å². The topological polar surface area (TPSA) is 109 Å². The number of aromatic nitrogens is 1. The summed E-state index contributed by atoms with van der Waals surface area (Å²) < 4.78 is 5.49. The van der Waals surface area contributed by atoms with E-state index in [0.717, 1.165) is 10.9 Å². The molecule has 2 heterocycles. The van der Waals surface area contributed by atoms with Gasteiger partial charge in [0.1, 0.15) is 11.6 Å². The second-order valence-electron chi connectivity index (χ2n) is 8.06. The molecule has 0 spiro atoms. The first-order valence-electron chi connectivity index (χ1n) is 9.22. The minimum absolute atomic E-state index is 0.375. The number of aromatic amines is 1. The molecule has 7 heteroatoms. The number of carbonyl (C=O) groups excluding carboxylic acids is 1. The van der Waals surface area contributed by atoms with Crippen LogP contribution in [0.1, 0.15) is 45.3 Å². The van der Waals surface area contributed by atoms with Crippen molar-refractivity contribution in [1.29, 1.82) is 0 Å². The van der Waals surface area contributed by atoms with Crippen LogP contribution < -0.4 is 5.73 Å². The highest BCUT2D eigenvalue weighted by atomic mass is 16.6. The van der Waals surface area contributed by atoms with Gasteiger partial charge in [0.2, 0.25) is 0 Å². The molecule has 0 amide bonds. The number of piperidine rings is 1. The zero-order chi connectivity index (χ0) is 19.8. The molecule has 1 saturated heterocycles. The molecule has 0 unspecified atom stereocenters. The van der Waals surface area contributed by atoms with Crippen molar-refractivity contribution in [2.24, 2.45) is 11.7 Å². The zero-order valence-corrected chi connectivity index (χ0v) is 15.9. The highest BCUT2D eigenvalue weighted by molar-refractivity contribution is 5.84. The normalized spacial score (nSPS) is 22.5. The molecule has 3 rings (SSSR count). The van der Waals surface area contributed by atoms with Crippen molar-refractivity contribution in [3.63, 3.8) is 0 Å². The number of carboxylic acid groups (broad SMARTS) is 1. The molecule has 2 aromatic rings. The Kier molecular flexibility index (Phi) is 5.26. The number of nitrogens with two attached hydrogens (primary N) is 1. The molecule has 0 radical (unpaired) electrons. The number of ether oxygens (including phenoxy) is 1. The Balaban J connectivity index is 1.88. The van der Waals surface area contributed by atoms with E-state index >= 15 is 0 Å². The fraction of sp³-hybridized carbons (Fsp3) is 0.500. The smallest absolute Gasteiger partial charge is 0.327 e. The number of rotatable bonds is 4.